The van der Waals surface area contributed by atoms with E-state index in [9.17, 15) is 10.1 Å². The molecule has 1 atom stereocenters. The molecular formula is C14H17N3O3. The SMILES string of the molecule is Cc1cc(CNC(C)c2ccc(C)c([N+](=O)[O-])c2)on1. The third-order valence-electron chi connectivity index (χ3n) is 3.19. The molecule has 6 nitrogen and oxygen atoms in total. The Kier molecular flexibility index (Phi) is 4.14. The van der Waals surface area contributed by atoms with Gasteiger partial charge in [0.15, 0.2) is 5.76 Å². The van der Waals surface area contributed by atoms with E-state index >= 15 is 0 Å². The lowest BCUT2D eigenvalue weighted by atomic mass is 10.0. The summed E-state index contributed by atoms with van der Waals surface area (Å²) >= 11 is 0. The van der Waals surface area contributed by atoms with Crippen LogP contribution >= 0.6 is 0 Å². The molecule has 2 aromatic rings. The van der Waals surface area contributed by atoms with Gasteiger partial charge < -0.3 is 9.84 Å². The van der Waals surface area contributed by atoms with Gasteiger partial charge in [-0.25, -0.2) is 0 Å². The van der Waals surface area contributed by atoms with Crippen molar-refractivity contribution < 1.29 is 9.45 Å². The Morgan fingerprint density at radius 2 is 2.15 bits per heavy atom. The highest BCUT2D eigenvalue weighted by atomic mass is 16.6. The highest BCUT2D eigenvalue weighted by molar-refractivity contribution is 5.43. The van der Waals surface area contributed by atoms with Crippen molar-refractivity contribution >= 4 is 5.69 Å². The van der Waals surface area contributed by atoms with Crippen LogP contribution in [0.5, 0.6) is 0 Å². The van der Waals surface area contributed by atoms with E-state index in [4.69, 9.17) is 4.52 Å². The molecule has 1 N–H and O–H groups in total. The average Bonchev–Trinajstić information content (AvgIpc) is 2.82. The molecule has 1 aromatic heterocycles. The number of nitrogens with zero attached hydrogens (tertiary/aromatic N) is 2. The van der Waals surface area contributed by atoms with Gasteiger partial charge in [-0.2, -0.15) is 0 Å². The average molecular weight is 275 g/mol. The first-order valence-corrected chi connectivity index (χ1v) is 6.38. The Morgan fingerprint density at radius 3 is 2.75 bits per heavy atom. The van der Waals surface area contributed by atoms with Crippen LogP contribution in [0.4, 0.5) is 5.69 Å². The van der Waals surface area contributed by atoms with E-state index < -0.39 is 0 Å². The fourth-order valence-electron chi connectivity index (χ4n) is 1.96. The van der Waals surface area contributed by atoms with Crippen molar-refractivity contribution in [3.8, 4) is 0 Å². The Labute approximate surface area is 116 Å². The predicted molar refractivity (Wildman–Crippen MR) is 74.3 cm³/mol. The molecule has 20 heavy (non-hydrogen) atoms. The monoisotopic (exact) mass is 275 g/mol. The number of nitro groups is 1. The largest absolute Gasteiger partial charge is 0.360 e. The standard InChI is InChI=1S/C14H17N3O3/c1-9-4-5-12(7-14(9)17(18)19)11(3)15-8-13-6-10(2)16-20-13/h4-7,11,15H,8H2,1-3H3. The topological polar surface area (TPSA) is 81.2 Å². The van der Waals surface area contributed by atoms with Gasteiger partial charge in [-0.1, -0.05) is 17.3 Å². The van der Waals surface area contributed by atoms with Crippen LogP contribution in [-0.2, 0) is 6.54 Å². The first kappa shape index (κ1) is 14.2. The van der Waals surface area contributed by atoms with Crippen molar-refractivity contribution in [2.75, 3.05) is 0 Å². The smallest absolute Gasteiger partial charge is 0.272 e. The van der Waals surface area contributed by atoms with E-state index in [1.165, 1.54) is 0 Å². The van der Waals surface area contributed by atoms with Gasteiger partial charge in [0.05, 0.1) is 17.2 Å². The van der Waals surface area contributed by atoms with E-state index in [0.29, 0.717) is 12.1 Å². The van der Waals surface area contributed by atoms with Crippen LogP contribution in [0.15, 0.2) is 28.8 Å². The van der Waals surface area contributed by atoms with E-state index in [2.05, 4.69) is 10.5 Å². The number of rotatable bonds is 5. The zero-order valence-corrected chi connectivity index (χ0v) is 11.7. The fourth-order valence-corrected chi connectivity index (χ4v) is 1.96. The van der Waals surface area contributed by atoms with Gasteiger partial charge in [0, 0.05) is 23.7 Å². The summed E-state index contributed by atoms with van der Waals surface area (Å²) in [5, 5.41) is 18.0. The maximum absolute atomic E-state index is 10.9. The summed E-state index contributed by atoms with van der Waals surface area (Å²) in [6.07, 6.45) is 0. The highest BCUT2D eigenvalue weighted by Crippen LogP contribution is 2.23. The maximum atomic E-state index is 10.9. The predicted octanol–water partition coefficient (Wildman–Crippen LogP) is 3.05. The van der Waals surface area contributed by atoms with E-state index in [1.807, 2.05) is 26.0 Å². The molecule has 0 fully saturated rings. The summed E-state index contributed by atoms with van der Waals surface area (Å²) in [4.78, 5) is 10.6. The molecule has 2 rings (SSSR count). The van der Waals surface area contributed by atoms with Crippen molar-refractivity contribution in [2.24, 2.45) is 0 Å². The third-order valence-corrected chi connectivity index (χ3v) is 3.19. The molecule has 1 heterocycles. The number of aryl methyl sites for hydroxylation is 2. The highest BCUT2D eigenvalue weighted by Gasteiger charge is 2.14. The van der Waals surface area contributed by atoms with Crippen LogP contribution in [-0.4, -0.2) is 10.1 Å². The molecule has 0 saturated heterocycles. The minimum Gasteiger partial charge on any atom is -0.360 e. The summed E-state index contributed by atoms with van der Waals surface area (Å²) < 4.78 is 5.11. The molecule has 0 aliphatic rings. The van der Waals surface area contributed by atoms with Crippen LogP contribution in [0.1, 0.15) is 35.5 Å². The second-order valence-electron chi connectivity index (χ2n) is 4.84. The lowest BCUT2D eigenvalue weighted by molar-refractivity contribution is -0.385. The Morgan fingerprint density at radius 1 is 1.40 bits per heavy atom. The second kappa shape index (κ2) is 5.83. The number of nitro benzene ring substituents is 1. The van der Waals surface area contributed by atoms with Gasteiger partial charge in [-0.3, -0.25) is 10.1 Å². The molecule has 1 unspecified atom stereocenters. The third kappa shape index (κ3) is 3.21. The normalized spacial score (nSPS) is 12.3. The molecule has 0 saturated carbocycles. The van der Waals surface area contributed by atoms with Gasteiger partial charge in [0.25, 0.3) is 5.69 Å². The first-order chi connectivity index (χ1) is 9.47. The lowest BCUT2D eigenvalue weighted by Gasteiger charge is -2.13. The van der Waals surface area contributed by atoms with Gasteiger partial charge >= 0.3 is 0 Å². The molecule has 0 bridgehead atoms. The van der Waals surface area contributed by atoms with E-state index in [0.717, 1.165) is 17.0 Å². The van der Waals surface area contributed by atoms with Crippen molar-refractivity contribution in [2.45, 2.75) is 33.4 Å². The quantitative estimate of drug-likeness (QED) is 0.670. The zero-order valence-electron chi connectivity index (χ0n) is 11.7. The molecule has 1 aromatic carbocycles. The van der Waals surface area contributed by atoms with Crippen molar-refractivity contribution in [1.29, 1.82) is 0 Å². The van der Waals surface area contributed by atoms with Crippen LogP contribution in [0.25, 0.3) is 0 Å². The lowest BCUT2D eigenvalue weighted by Crippen LogP contribution is -2.18. The maximum Gasteiger partial charge on any atom is 0.272 e. The molecule has 0 aliphatic carbocycles. The molecule has 6 heteroatoms. The van der Waals surface area contributed by atoms with Crippen molar-refractivity contribution in [1.82, 2.24) is 10.5 Å². The van der Waals surface area contributed by atoms with Gasteiger partial charge in [-0.05, 0) is 26.3 Å². The summed E-state index contributed by atoms with van der Waals surface area (Å²) in [5.41, 5.74) is 2.52. The van der Waals surface area contributed by atoms with Gasteiger partial charge in [0.2, 0.25) is 0 Å². The van der Waals surface area contributed by atoms with Crippen molar-refractivity contribution in [3.63, 3.8) is 0 Å². The summed E-state index contributed by atoms with van der Waals surface area (Å²) in [7, 11) is 0. The first-order valence-electron chi connectivity index (χ1n) is 6.38. The molecule has 0 spiro atoms. The number of benzene rings is 1. The molecular weight excluding hydrogens is 258 g/mol. The van der Waals surface area contributed by atoms with E-state index in [-0.39, 0.29) is 16.7 Å². The number of hydrogen-bond donors (Lipinski definition) is 1. The minimum atomic E-state index is -0.356. The molecule has 0 radical (unpaired) electrons. The summed E-state index contributed by atoms with van der Waals surface area (Å²) in [5.74, 6) is 0.746. The fraction of sp³-hybridized carbons (Fsp3) is 0.357. The Hall–Kier alpha value is -2.21. The Bertz CT molecular complexity index is 622. The second-order valence-corrected chi connectivity index (χ2v) is 4.84. The summed E-state index contributed by atoms with van der Waals surface area (Å²) in [6.45, 7) is 6.08. The summed E-state index contributed by atoms with van der Waals surface area (Å²) in [6, 6.07) is 7.12. The van der Waals surface area contributed by atoms with Gasteiger partial charge in [0.1, 0.15) is 0 Å². The minimum absolute atomic E-state index is 0.0142. The number of aromatic nitrogens is 1. The molecule has 0 aliphatic heterocycles. The zero-order chi connectivity index (χ0) is 14.7. The molecule has 106 valence electrons. The molecule has 0 amide bonds. The van der Waals surface area contributed by atoms with Crippen molar-refractivity contribution in [3.05, 3.63) is 57.0 Å². The Balaban J connectivity index is 2.07. The van der Waals surface area contributed by atoms with Crippen LogP contribution in [0, 0.1) is 24.0 Å². The number of nitrogens with one attached hydrogen (secondary N) is 1. The van der Waals surface area contributed by atoms with E-state index in [1.54, 1.807) is 19.1 Å². The van der Waals surface area contributed by atoms with Crippen LogP contribution in [0.2, 0.25) is 0 Å². The number of hydrogen-bond acceptors (Lipinski definition) is 5. The van der Waals surface area contributed by atoms with Crippen LogP contribution < -0.4 is 5.32 Å². The van der Waals surface area contributed by atoms with Crippen LogP contribution in [0.3, 0.4) is 0 Å². The van der Waals surface area contributed by atoms with Gasteiger partial charge in [-0.15, -0.1) is 0 Å².